The number of amides is 1. The number of hydrogen-bond acceptors (Lipinski definition) is 4. The molecule has 1 N–H and O–H groups in total. The predicted octanol–water partition coefficient (Wildman–Crippen LogP) is 2.03. The lowest BCUT2D eigenvalue weighted by Gasteiger charge is -2.30. The molecule has 4 rings (SSSR count). The second kappa shape index (κ2) is 7.50. The van der Waals surface area contributed by atoms with Crippen molar-refractivity contribution in [2.24, 2.45) is 0 Å². The van der Waals surface area contributed by atoms with E-state index in [1.807, 2.05) is 41.3 Å². The maximum Gasteiger partial charge on any atom is 0.259 e. The molecule has 6 nitrogen and oxygen atoms in total. The zero-order valence-corrected chi connectivity index (χ0v) is 15.7. The Hall–Kier alpha value is -2.70. The van der Waals surface area contributed by atoms with Crippen LogP contribution in [0.2, 0.25) is 5.02 Å². The van der Waals surface area contributed by atoms with E-state index in [1.165, 1.54) is 4.90 Å². The molecule has 0 spiro atoms. The van der Waals surface area contributed by atoms with Crippen LogP contribution >= 0.6 is 11.6 Å². The molecule has 1 saturated heterocycles. The van der Waals surface area contributed by atoms with E-state index in [4.69, 9.17) is 16.1 Å². The molecule has 0 saturated carbocycles. The molecule has 27 heavy (non-hydrogen) atoms. The molecule has 2 heterocycles. The van der Waals surface area contributed by atoms with Gasteiger partial charge in [0.05, 0.1) is 44.4 Å². The number of aromatic nitrogens is 2. The Bertz CT molecular complexity index is 947. The van der Waals surface area contributed by atoms with Gasteiger partial charge in [-0.05, 0) is 36.4 Å². The largest absolute Gasteiger partial charge is 0.334 e. The van der Waals surface area contributed by atoms with Crippen LogP contribution in [0.25, 0.3) is 22.8 Å². The molecule has 0 atom stereocenters. The Morgan fingerprint density at radius 1 is 1.11 bits per heavy atom. The highest BCUT2D eigenvalue weighted by molar-refractivity contribution is 6.30. The van der Waals surface area contributed by atoms with Gasteiger partial charge in [0.25, 0.3) is 11.8 Å². The number of benzene rings is 2. The average molecular weight is 384 g/mol. The second-order valence-corrected chi connectivity index (χ2v) is 7.16. The van der Waals surface area contributed by atoms with E-state index >= 15 is 0 Å². The van der Waals surface area contributed by atoms with Crippen LogP contribution in [0.3, 0.4) is 0 Å². The van der Waals surface area contributed by atoms with Gasteiger partial charge in [-0.15, -0.1) is 0 Å². The molecular formula is C20H20ClN4O2+. The fourth-order valence-electron chi connectivity index (χ4n) is 3.17. The molecule has 1 aromatic heterocycles. The summed E-state index contributed by atoms with van der Waals surface area (Å²) in [7, 11) is 2.15. The zero-order chi connectivity index (χ0) is 18.8. The van der Waals surface area contributed by atoms with E-state index < -0.39 is 0 Å². The number of nitrogens with one attached hydrogen (secondary N) is 1. The molecule has 1 fully saturated rings. The minimum absolute atomic E-state index is 0.00402. The number of nitrogens with zero attached hydrogens (tertiary/aromatic N) is 3. The Kier molecular flexibility index (Phi) is 4.92. The van der Waals surface area contributed by atoms with Crippen molar-refractivity contribution in [3.63, 3.8) is 0 Å². The summed E-state index contributed by atoms with van der Waals surface area (Å²) >= 11 is 5.93. The first-order valence-electron chi connectivity index (χ1n) is 8.91. The highest BCUT2D eigenvalue weighted by atomic mass is 35.5. The van der Waals surface area contributed by atoms with Crippen LogP contribution in [-0.4, -0.2) is 54.2 Å². The zero-order valence-electron chi connectivity index (χ0n) is 15.0. The topological polar surface area (TPSA) is 63.7 Å². The molecular weight excluding hydrogens is 364 g/mol. The highest BCUT2D eigenvalue weighted by Crippen LogP contribution is 2.26. The smallest absolute Gasteiger partial charge is 0.259 e. The van der Waals surface area contributed by atoms with E-state index in [0.717, 1.165) is 31.7 Å². The number of piperazine rings is 1. The Morgan fingerprint density at radius 3 is 2.56 bits per heavy atom. The van der Waals surface area contributed by atoms with Crippen molar-refractivity contribution in [1.29, 1.82) is 0 Å². The van der Waals surface area contributed by atoms with Crippen LogP contribution in [-0.2, 0) is 0 Å². The summed E-state index contributed by atoms with van der Waals surface area (Å²) in [5.74, 6) is 0.806. The summed E-state index contributed by atoms with van der Waals surface area (Å²) in [6.07, 6.45) is 0. The fraction of sp³-hybridized carbons (Fsp3) is 0.250. The van der Waals surface area contributed by atoms with Gasteiger partial charge in [0, 0.05) is 10.6 Å². The van der Waals surface area contributed by atoms with E-state index in [-0.39, 0.29) is 5.91 Å². The second-order valence-electron chi connectivity index (χ2n) is 6.72. The summed E-state index contributed by atoms with van der Waals surface area (Å²) in [5.41, 5.74) is 2.05. The third kappa shape index (κ3) is 3.72. The number of hydrogen-bond donors (Lipinski definition) is 1. The van der Waals surface area contributed by atoms with Crippen LogP contribution < -0.4 is 4.90 Å². The molecule has 0 unspecified atom stereocenters. The fourth-order valence-corrected chi connectivity index (χ4v) is 3.29. The van der Waals surface area contributed by atoms with Gasteiger partial charge in [0.15, 0.2) is 0 Å². The van der Waals surface area contributed by atoms with Gasteiger partial charge >= 0.3 is 0 Å². The lowest BCUT2D eigenvalue weighted by Crippen LogP contribution is -3.12. The quantitative estimate of drug-likeness (QED) is 0.751. The van der Waals surface area contributed by atoms with E-state index in [0.29, 0.717) is 27.9 Å². The van der Waals surface area contributed by atoms with Gasteiger partial charge in [-0.3, -0.25) is 4.79 Å². The number of carbonyl (C=O) groups is 1. The van der Waals surface area contributed by atoms with Crippen LogP contribution in [0.4, 0.5) is 0 Å². The molecule has 0 radical (unpaired) electrons. The van der Waals surface area contributed by atoms with Gasteiger partial charge in [-0.1, -0.05) is 28.9 Å². The predicted molar refractivity (Wildman–Crippen MR) is 103 cm³/mol. The van der Waals surface area contributed by atoms with Crippen molar-refractivity contribution >= 4 is 17.5 Å². The number of rotatable bonds is 3. The molecule has 1 aliphatic heterocycles. The first-order chi connectivity index (χ1) is 13.1. The summed E-state index contributed by atoms with van der Waals surface area (Å²) in [5, 5.41) is 4.70. The van der Waals surface area contributed by atoms with Crippen molar-refractivity contribution in [2.45, 2.75) is 0 Å². The van der Waals surface area contributed by atoms with Gasteiger partial charge in [-0.2, -0.15) is 4.98 Å². The van der Waals surface area contributed by atoms with Crippen molar-refractivity contribution in [1.82, 2.24) is 15.0 Å². The minimum Gasteiger partial charge on any atom is -0.334 e. The summed E-state index contributed by atoms with van der Waals surface area (Å²) < 4.78 is 5.46. The SMILES string of the molecule is C[NH+]1CCN(C(=O)c2ccccc2-c2nc(-c3ccc(Cl)cc3)no2)CC1. The molecule has 2 aromatic carbocycles. The average Bonchev–Trinajstić information content (AvgIpc) is 3.19. The van der Waals surface area contributed by atoms with E-state index in [1.54, 1.807) is 12.1 Å². The first-order valence-corrected chi connectivity index (χ1v) is 9.29. The van der Waals surface area contributed by atoms with Crippen molar-refractivity contribution in [3.05, 3.63) is 59.1 Å². The van der Waals surface area contributed by atoms with Gasteiger partial charge < -0.3 is 14.3 Å². The third-order valence-corrected chi connectivity index (χ3v) is 5.07. The third-order valence-electron chi connectivity index (χ3n) is 4.82. The van der Waals surface area contributed by atoms with Gasteiger partial charge in [0.2, 0.25) is 5.82 Å². The number of carbonyl (C=O) groups excluding carboxylic acids is 1. The summed E-state index contributed by atoms with van der Waals surface area (Å²) in [6, 6.07) is 14.6. The maximum atomic E-state index is 13.0. The number of likely N-dealkylation sites (N-methyl/N-ethyl adjacent to an activating group) is 1. The van der Waals surface area contributed by atoms with Crippen molar-refractivity contribution < 1.29 is 14.2 Å². The van der Waals surface area contributed by atoms with Crippen LogP contribution in [0.15, 0.2) is 53.1 Å². The van der Waals surface area contributed by atoms with E-state index in [2.05, 4.69) is 17.2 Å². The number of quaternary nitrogens is 1. The van der Waals surface area contributed by atoms with Crippen LogP contribution in [0, 0.1) is 0 Å². The Balaban J connectivity index is 1.63. The van der Waals surface area contributed by atoms with Crippen LogP contribution in [0.1, 0.15) is 10.4 Å². The monoisotopic (exact) mass is 383 g/mol. The molecule has 138 valence electrons. The lowest BCUT2D eigenvalue weighted by molar-refractivity contribution is -0.883. The van der Waals surface area contributed by atoms with E-state index in [9.17, 15) is 4.79 Å². The van der Waals surface area contributed by atoms with Gasteiger partial charge in [0.1, 0.15) is 0 Å². The summed E-state index contributed by atoms with van der Waals surface area (Å²) in [6.45, 7) is 3.40. The Labute approximate surface area is 162 Å². The maximum absolute atomic E-state index is 13.0. The minimum atomic E-state index is 0.00402. The normalized spacial score (nSPS) is 15.1. The molecule has 0 bridgehead atoms. The summed E-state index contributed by atoms with van der Waals surface area (Å²) in [4.78, 5) is 20.8. The molecule has 1 aliphatic rings. The lowest BCUT2D eigenvalue weighted by atomic mass is 10.1. The highest BCUT2D eigenvalue weighted by Gasteiger charge is 2.26. The molecule has 1 amide bonds. The molecule has 0 aliphatic carbocycles. The van der Waals surface area contributed by atoms with Gasteiger partial charge in [-0.25, -0.2) is 0 Å². The molecule has 3 aromatic rings. The van der Waals surface area contributed by atoms with Crippen LogP contribution in [0.5, 0.6) is 0 Å². The standard InChI is InChI=1S/C20H19ClN4O2/c1-24-10-12-25(13-11-24)20(26)17-5-3-2-4-16(17)19-22-18(23-27-19)14-6-8-15(21)9-7-14/h2-9H,10-13H2,1H3/p+1. The Morgan fingerprint density at radius 2 is 1.81 bits per heavy atom. The van der Waals surface area contributed by atoms with Crippen molar-refractivity contribution in [3.8, 4) is 22.8 Å². The number of halogens is 1. The first kappa shape index (κ1) is 17.7. The van der Waals surface area contributed by atoms with Crippen molar-refractivity contribution in [2.75, 3.05) is 33.2 Å². The molecule has 7 heteroatoms.